The molecular weight excluding hydrogens is 421 g/mol. The first-order chi connectivity index (χ1) is 10.8. The fraction of sp³-hybridized carbons (Fsp3) is 0.688. The minimum absolute atomic E-state index is 0. The van der Waals surface area contributed by atoms with Gasteiger partial charge in [-0.1, -0.05) is 6.07 Å². The molecule has 0 radical (unpaired) electrons. The Morgan fingerprint density at radius 2 is 2.13 bits per heavy atom. The van der Waals surface area contributed by atoms with Crippen LogP contribution in [0.5, 0.6) is 0 Å². The molecule has 0 aliphatic carbocycles. The quantitative estimate of drug-likeness (QED) is 0.392. The highest BCUT2D eigenvalue weighted by atomic mass is 127. The van der Waals surface area contributed by atoms with E-state index in [2.05, 4.69) is 44.9 Å². The molecular formula is C16H28IN5S. The van der Waals surface area contributed by atoms with E-state index >= 15 is 0 Å². The van der Waals surface area contributed by atoms with Crippen LogP contribution >= 0.6 is 35.3 Å². The molecule has 2 N–H and O–H groups in total. The van der Waals surface area contributed by atoms with Gasteiger partial charge in [-0.25, -0.2) is 0 Å². The van der Waals surface area contributed by atoms with Crippen molar-refractivity contribution in [3.63, 3.8) is 0 Å². The van der Waals surface area contributed by atoms with E-state index in [9.17, 15) is 0 Å². The van der Waals surface area contributed by atoms with Crippen molar-refractivity contribution in [2.75, 3.05) is 52.4 Å². The summed E-state index contributed by atoms with van der Waals surface area (Å²) in [5.41, 5.74) is 0. The number of guanidine groups is 1. The smallest absolute Gasteiger partial charge is 0.191 e. The average Bonchev–Trinajstić information content (AvgIpc) is 3.07. The Morgan fingerprint density at radius 1 is 1.30 bits per heavy atom. The van der Waals surface area contributed by atoms with Crippen molar-refractivity contribution in [3.05, 3.63) is 22.4 Å². The molecule has 4 rings (SSSR count). The maximum absolute atomic E-state index is 4.80. The Balaban J connectivity index is 0.00000192. The molecule has 0 spiro atoms. The molecule has 4 heterocycles. The molecule has 1 aromatic rings. The lowest BCUT2D eigenvalue weighted by molar-refractivity contribution is 0.0174. The van der Waals surface area contributed by atoms with Gasteiger partial charge in [0.05, 0.1) is 6.54 Å². The Morgan fingerprint density at radius 3 is 2.74 bits per heavy atom. The second-order valence-corrected chi connectivity index (χ2v) is 7.00. The van der Waals surface area contributed by atoms with E-state index in [0.717, 1.165) is 32.0 Å². The minimum atomic E-state index is 0. The Bertz CT molecular complexity index is 471. The van der Waals surface area contributed by atoms with Gasteiger partial charge in [-0.05, 0) is 24.8 Å². The summed E-state index contributed by atoms with van der Waals surface area (Å²) < 4.78 is 0. The average molecular weight is 449 g/mol. The van der Waals surface area contributed by atoms with Crippen LogP contribution in [0.1, 0.15) is 11.8 Å². The van der Waals surface area contributed by atoms with Crippen molar-refractivity contribution in [2.45, 2.75) is 19.4 Å². The van der Waals surface area contributed by atoms with Crippen molar-refractivity contribution >= 4 is 41.3 Å². The van der Waals surface area contributed by atoms with E-state index in [1.807, 2.05) is 11.3 Å². The number of nitrogens with zero attached hydrogens (tertiary/aromatic N) is 3. The zero-order valence-corrected chi connectivity index (χ0v) is 17.0. The summed E-state index contributed by atoms with van der Waals surface area (Å²) in [6.07, 6.45) is 1.06. The van der Waals surface area contributed by atoms with E-state index in [1.165, 1.54) is 37.6 Å². The number of halogens is 1. The zero-order valence-electron chi connectivity index (χ0n) is 13.8. The normalized spacial score (nSPS) is 26.7. The lowest BCUT2D eigenvalue weighted by atomic mass is 10.1. The van der Waals surface area contributed by atoms with Gasteiger partial charge < -0.3 is 10.6 Å². The summed E-state index contributed by atoms with van der Waals surface area (Å²) in [4.78, 5) is 11.4. The number of fused-ring (bicyclic) bond motifs is 3. The Labute approximate surface area is 160 Å². The number of rotatable bonds is 6. The molecule has 130 valence electrons. The first kappa shape index (κ1) is 19.0. The topological polar surface area (TPSA) is 42.9 Å². The first-order valence-corrected chi connectivity index (χ1v) is 9.24. The number of hydrogen-bond acceptors (Lipinski definition) is 4. The standard InChI is InChI=1S/C16H27N5S.HI/c1-2-17-16(18-6-5-15-4-3-11-22-15)19-12-14-13-20-7-9-21(14)10-8-20;/h3-4,11,14H,2,5-10,12-13H2,1H3,(H2,17,18,19);1H. The molecule has 2 bridgehead atoms. The van der Waals surface area contributed by atoms with Gasteiger partial charge >= 0.3 is 0 Å². The summed E-state index contributed by atoms with van der Waals surface area (Å²) >= 11 is 1.82. The monoisotopic (exact) mass is 449 g/mol. The third-order valence-corrected chi connectivity index (χ3v) is 5.38. The molecule has 3 saturated heterocycles. The second kappa shape index (κ2) is 9.80. The van der Waals surface area contributed by atoms with Crippen LogP contribution in [-0.2, 0) is 6.42 Å². The Hall–Kier alpha value is -0.380. The van der Waals surface area contributed by atoms with Gasteiger partial charge in [0.15, 0.2) is 5.96 Å². The predicted octanol–water partition coefficient (Wildman–Crippen LogP) is 1.46. The third kappa shape index (κ3) is 5.58. The van der Waals surface area contributed by atoms with Crippen LogP contribution in [0.2, 0.25) is 0 Å². The molecule has 23 heavy (non-hydrogen) atoms. The van der Waals surface area contributed by atoms with Crippen LogP contribution in [0.25, 0.3) is 0 Å². The molecule has 1 aromatic heterocycles. The minimum Gasteiger partial charge on any atom is -0.357 e. The van der Waals surface area contributed by atoms with E-state index in [1.54, 1.807) is 0 Å². The highest BCUT2D eigenvalue weighted by molar-refractivity contribution is 14.0. The van der Waals surface area contributed by atoms with E-state index < -0.39 is 0 Å². The summed E-state index contributed by atoms with van der Waals surface area (Å²) in [5.74, 6) is 0.955. The number of piperazine rings is 3. The van der Waals surface area contributed by atoms with E-state index in [0.29, 0.717) is 6.04 Å². The molecule has 3 fully saturated rings. The molecule has 1 atom stereocenters. The van der Waals surface area contributed by atoms with Gasteiger partial charge in [0.25, 0.3) is 0 Å². The van der Waals surface area contributed by atoms with E-state index in [-0.39, 0.29) is 24.0 Å². The molecule has 0 saturated carbocycles. The van der Waals surface area contributed by atoms with Gasteiger partial charge in [-0.15, -0.1) is 35.3 Å². The van der Waals surface area contributed by atoms with Gasteiger partial charge in [0.1, 0.15) is 0 Å². The van der Waals surface area contributed by atoms with Gasteiger partial charge in [0, 0.05) is 56.7 Å². The van der Waals surface area contributed by atoms with Crippen LogP contribution in [-0.4, -0.2) is 74.2 Å². The van der Waals surface area contributed by atoms with Crippen molar-refractivity contribution < 1.29 is 0 Å². The molecule has 3 aliphatic heterocycles. The van der Waals surface area contributed by atoms with Crippen molar-refractivity contribution in [1.82, 2.24) is 20.4 Å². The summed E-state index contributed by atoms with van der Waals surface area (Å²) in [5, 5.41) is 8.95. The van der Waals surface area contributed by atoms with E-state index in [4.69, 9.17) is 4.99 Å². The lowest BCUT2D eigenvalue weighted by Gasteiger charge is -2.47. The zero-order chi connectivity index (χ0) is 15.2. The van der Waals surface area contributed by atoms with Crippen LogP contribution < -0.4 is 10.6 Å². The van der Waals surface area contributed by atoms with Gasteiger partial charge in [-0.3, -0.25) is 14.8 Å². The largest absolute Gasteiger partial charge is 0.357 e. The van der Waals surface area contributed by atoms with Crippen LogP contribution in [0.3, 0.4) is 0 Å². The highest BCUT2D eigenvalue weighted by Gasteiger charge is 2.31. The van der Waals surface area contributed by atoms with Gasteiger partial charge in [-0.2, -0.15) is 0 Å². The van der Waals surface area contributed by atoms with Crippen molar-refractivity contribution in [2.24, 2.45) is 4.99 Å². The molecule has 1 unspecified atom stereocenters. The van der Waals surface area contributed by atoms with Crippen molar-refractivity contribution in [3.8, 4) is 0 Å². The van der Waals surface area contributed by atoms with Crippen molar-refractivity contribution in [1.29, 1.82) is 0 Å². The second-order valence-electron chi connectivity index (χ2n) is 5.97. The van der Waals surface area contributed by atoms with Crippen LogP contribution in [0.4, 0.5) is 0 Å². The summed E-state index contributed by atoms with van der Waals surface area (Å²) in [7, 11) is 0. The maximum atomic E-state index is 4.80. The summed E-state index contributed by atoms with van der Waals surface area (Å²) in [6.45, 7) is 10.9. The SMILES string of the molecule is CCNC(=NCC1CN2CCN1CC2)NCCc1cccs1.I. The van der Waals surface area contributed by atoms with Gasteiger partial charge in [0.2, 0.25) is 0 Å². The van der Waals surface area contributed by atoms with Crippen LogP contribution in [0, 0.1) is 0 Å². The molecule has 7 heteroatoms. The molecule has 0 amide bonds. The maximum Gasteiger partial charge on any atom is 0.191 e. The van der Waals surface area contributed by atoms with Crippen LogP contribution in [0.15, 0.2) is 22.5 Å². The number of nitrogens with one attached hydrogen (secondary N) is 2. The first-order valence-electron chi connectivity index (χ1n) is 8.36. The summed E-state index contributed by atoms with van der Waals surface area (Å²) in [6, 6.07) is 4.90. The molecule has 5 nitrogen and oxygen atoms in total. The lowest BCUT2D eigenvalue weighted by Crippen LogP contribution is -2.62. The molecule has 0 aromatic carbocycles. The highest BCUT2D eigenvalue weighted by Crippen LogP contribution is 2.15. The Kier molecular flexibility index (Phi) is 8.08. The fourth-order valence-electron chi connectivity index (χ4n) is 3.20. The molecule has 3 aliphatic rings. The number of thiophene rings is 1. The number of hydrogen-bond donors (Lipinski definition) is 2. The fourth-order valence-corrected chi connectivity index (χ4v) is 3.90. The third-order valence-electron chi connectivity index (χ3n) is 4.44. The predicted molar refractivity (Wildman–Crippen MR) is 109 cm³/mol. The number of aliphatic imine (C=N–C) groups is 1.